The molecule has 1 aromatic heterocycles. The van der Waals surface area contributed by atoms with E-state index < -0.39 is 0 Å². The lowest BCUT2D eigenvalue weighted by molar-refractivity contribution is -0.110. The van der Waals surface area contributed by atoms with E-state index in [9.17, 15) is 4.79 Å². The van der Waals surface area contributed by atoms with E-state index in [4.69, 9.17) is 5.73 Å². The Morgan fingerprint density at radius 3 is 2.89 bits per heavy atom. The van der Waals surface area contributed by atoms with Crippen molar-refractivity contribution in [2.45, 2.75) is 0 Å². The first-order chi connectivity index (χ1) is 8.74. The van der Waals surface area contributed by atoms with Gasteiger partial charge in [-0.15, -0.1) is 0 Å². The van der Waals surface area contributed by atoms with Crippen molar-refractivity contribution in [3.63, 3.8) is 0 Å². The molecule has 4 heteroatoms. The van der Waals surface area contributed by atoms with Crippen molar-refractivity contribution >= 4 is 28.9 Å². The maximum absolute atomic E-state index is 11.9. The number of carbonyl (C=O) groups excluding carboxylic acids is 1. The second kappa shape index (κ2) is 4.00. The normalized spacial score (nSPS) is 15.6. The summed E-state index contributed by atoms with van der Waals surface area (Å²) < 4.78 is 0. The second-order valence-electron chi connectivity index (χ2n) is 4.07. The third-order valence-corrected chi connectivity index (χ3v) is 2.81. The number of aromatic nitrogens is 1. The summed E-state index contributed by atoms with van der Waals surface area (Å²) in [6, 6.07) is 11.0. The lowest BCUT2D eigenvalue weighted by atomic mass is 10.1. The van der Waals surface area contributed by atoms with Crippen LogP contribution in [0.15, 0.2) is 42.6 Å². The lowest BCUT2D eigenvalue weighted by Gasteiger charge is -1.99. The number of benzene rings is 1. The lowest BCUT2D eigenvalue weighted by Crippen LogP contribution is -2.03. The highest BCUT2D eigenvalue weighted by Crippen LogP contribution is 2.33. The first-order valence-corrected chi connectivity index (χ1v) is 5.58. The average Bonchev–Trinajstić information content (AvgIpc) is 2.66. The van der Waals surface area contributed by atoms with Gasteiger partial charge in [0.15, 0.2) is 0 Å². The minimum absolute atomic E-state index is 0.124. The molecule has 0 saturated heterocycles. The number of nitrogens with one attached hydrogen (secondary N) is 1. The fraction of sp³-hybridized carbons (Fsp3) is 0. The summed E-state index contributed by atoms with van der Waals surface area (Å²) >= 11 is 0. The molecule has 0 aliphatic carbocycles. The Hall–Kier alpha value is -2.62. The highest BCUT2D eigenvalue weighted by molar-refractivity contribution is 6.34. The molecule has 1 aliphatic rings. The van der Waals surface area contributed by atoms with Gasteiger partial charge in [0.25, 0.3) is 5.91 Å². The maximum atomic E-state index is 11.9. The van der Waals surface area contributed by atoms with Crippen molar-refractivity contribution in [1.82, 2.24) is 4.98 Å². The van der Waals surface area contributed by atoms with E-state index in [1.807, 2.05) is 24.3 Å². The number of rotatable bonds is 1. The minimum atomic E-state index is -0.124. The van der Waals surface area contributed by atoms with Gasteiger partial charge in [-0.2, -0.15) is 0 Å². The SMILES string of the molecule is Nc1ccc2c(c1)NC(=O)C2=Cc1ccccn1. The van der Waals surface area contributed by atoms with Crippen LogP contribution in [-0.4, -0.2) is 10.9 Å². The topological polar surface area (TPSA) is 68.0 Å². The number of nitrogens with two attached hydrogens (primary N) is 1. The molecule has 0 spiro atoms. The number of amides is 1. The van der Waals surface area contributed by atoms with Gasteiger partial charge in [0.1, 0.15) is 0 Å². The van der Waals surface area contributed by atoms with E-state index in [0.29, 0.717) is 11.3 Å². The van der Waals surface area contributed by atoms with Crippen LogP contribution >= 0.6 is 0 Å². The van der Waals surface area contributed by atoms with Crippen LogP contribution in [0.4, 0.5) is 11.4 Å². The molecule has 3 N–H and O–H groups in total. The van der Waals surface area contributed by atoms with Gasteiger partial charge in [0, 0.05) is 17.4 Å². The van der Waals surface area contributed by atoms with Crippen LogP contribution in [0.3, 0.4) is 0 Å². The van der Waals surface area contributed by atoms with Crippen molar-refractivity contribution in [1.29, 1.82) is 0 Å². The summed E-state index contributed by atoms with van der Waals surface area (Å²) in [5, 5.41) is 2.79. The zero-order valence-electron chi connectivity index (χ0n) is 9.55. The van der Waals surface area contributed by atoms with E-state index in [1.165, 1.54) is 0 Å². The van der Waals surface area contributed by atoms with Gasteiger partial charge < -0.3 is 11.1 Å². The molecule has 4 nitrogen and oxygen atoms in total. The van der Waals surface area contributed by atoms with Gasteiger partial charge in [-0.25, -0.2) is 0 Å². The molecule has 1 aliphatic heterocycles. The Labute approximate surface area is 104 Å². The zero-order chi connectivity index (χ0) is 12.5. The van der Waals surface area contributed by atoms with Crippen molar-refractivity contribution in [2.75, 3.05) is 11.1 Å². The molecule has 3 rings (SSSR count). The number of hydrogen-bond donors (Lipinski definition) is 2. The molecule has 88 valence electrons. The number of pyridine rings is 1. The van der Waals surface area contributed by atoms with E-state index in [-0.39, 0.29) is 5.91 Å². The maximum Gasteiger partial charge on any atom is 0.256 e. The first kappa shape index (κ1) is 10.5. The summed E-state index contributed by atoms with van der Waals surface area (Å²) in [6.07, 6.45) is 3.47. The van der Waals surface area contributed by atoms with Crippen LogP contribution in [0.2, 0.25) is 0 Å². The number of nitrogen functional groups attached to an aromatic ring is 1. The van der Waals surface area contributed by atoms with Gasteiger partial charge in [0.2, 0.25) is 0 Å². The summed E-state index contributed by atoms with van der Waals surface area (Å²) in [5.41, 5.74) is 9.31. The van der Waals surface area contributed by atoms with Crippen LogP contribution in [0.1, 0.15) is 11.3 Å². The summed E-state index contributed by atoms with van der Waals surface area (Å²) in [7, 11) is 0. The van der Waals surface area contributed by atoms with E-state index in [1.54, 1.807) is 24.4 Å². The molecule has 0 fully saturated rings. The van der Waals surface area contributed by atoms with Crippen LogP contribution in [-0.2, 0) is 4.79 Å². The first-order valence-electron chi connectivity index (χ1n) is 5.58. The Morgan fingerprint density at radius 1 is 1.22 bits per heavy atom. The molecule has 1 amide bonds. The third-order valence-electron chi connectivity index (χ3n) is 2.81. The van der Waals surface area contributed by atoms with Gasteiger partial charge in [0.05, 0.1) is 17.0 Å². The largest absolute Gasteiger partial charge is 0.399 e. The Bertz CT molecular complexity index is 647. The van der Waals surface area contributed by atoms with E-state index >= 15 is 0 Å². The number of carbonyl (C=O) groups is 1. The van der Waals surface area contributed by atoms with E-state index in [0.717, 1.165) is 16.9 Å². The highest BCUT2D eigenvalue weighted by Gasteiger charge is 2.23. The Balaban J connectivity index is 2.10. The quantitative estimate of drug-likeness (QED) is 0.590. The molecule has 0 unspecified atom stereocenters. The van der Waals surface area contributed by atoms with Gasteiger partial charge in [-0.3, -0.25) is 9.78 Å². The molecule has 0 radical (unpaired) electrons. The molecule has 18 heavy (non-hydrogen) atoms. The predicted octanol–water partition coefficient (Wildman–Crippen LogP) is 2.16. The van der Waals surface area contributed by atoms with Crippen molar-refractivity contribution in [3.05, 3.63) is 53.9 Å². The number of fused-ring (bicyclic) bond motifs is 1. The number of nitrogens with zero attached hydrogens (tertiary/aromatic N) is 1. The summed E-state index contributed by atoms with van der Waals surface area (Å²) in [5.74, 6) is -0.124. The monoisotopic (exact) mass is 237 g/mol. The third kappa shape index (κ3) is 1.73. The molecule has 0 bridgehead atoms. The van der Waals surface area contributed by atoms with Crippen molar-refractivity contribution in [2.24, 2.45) is 0 Å². The highest BCUT2D eigenvalue weighted by atomic mass is 16.2. The Morgan fingerprint density at radius 2 is 2.11 bits per heavy atom. The molecular formula is C14H11N3O. The Kier molecular flexibility index (Phi) is 2.34. The van der Waals surface area contributed by atoms with Crippen molar-refractivity contribution < 1.29 is 4.79 Å². The van der Waals surface area contributed by atoms with Crippen LogP contribution in [0.5, 0.6) is 0 Å². The predicted molar refractivity (Wildman–Crippen MR) is 71.6 cm³/mol. The molecule has 0 atom stereocenters. The molecular weight excluding hydrogens is 226 g/mol. The molecule has 0 saturated carbocycles. The van der Waals surface area contributed by atoms with Crippen molar-refractivity contribution in [3.8, 4) is 0 Å². The van der Waals surface area contributed by atoms with Gasteiger partial charge >= 0.3 is 0 Å². The van der Waals surface area contributed by atoms with Gasteiger partial charge in [-0.05, 0) is 30.3 Å². The summed E-state index contributed by atoms with van der Waals surface area (Å²) in [4.78, 5) is 16.1. The second-order valence-corrected chi connectivity index (χ2v) is 4.07. The average molecular weight is 237 g/mol. The smallest absolute Gasteiger partial charge is 0.256 e. The number of hydrogen-bond acceptors (Lipinski definition) is 3. The molecule has 2 heterocycles. The van der Waals surface area contributed by atoms with E-state index in [2.05, 4.69) is 10.3 Å². The molecule has 2 aromatic rings. The zero-order valence-corrected chi connectivity index (χ0v) is 9.55. The van der Waals surface area contributed by atoms with Crippen LogP contribution < -0.4 is 11.1 Å². The standard InChI is InChI=1S/C14H11N3O/c15-9-4-5-11-12(14(18)17-13(11)7-9)8-10-3-1-2-6-16-10/h1-8H,15H2,(H,17,18). The van der Waals surface area contributed by atoms with Crippen LogP contribution in [0, 0.1) is 0 Å². The molecule has 1 aromatic carbocycles. The fourth-order valence-corrected chi connectivity index (χ4v) is 1.96. The minimum Gasteiger partial charge on any atom is -0.399 e. The number of anilines is 2. The van der Waals surface area contributed by atoms with Crippen LogP contribution in [0.25, 0.3) is 11.6 Å². The fourth-order valence-electron chi connectivity index (χ4n) is 1.96. The van der Waals surface area contributed by atoms with Gasteiger partial charge in [-0.1, -0.05) is 12.1 Å². The summed E-state index contributed by atoms with van der Waals surface area (Å²) in [6.45, 7) is 0.